The van der Waals surface area contributed by atoms with E-state index in [1.807, 2.05) is 43.7 Å². The van der Waals surface area contributed by atoms with Gasteiger partial charge in [-0.05, 0) is 49.1 Å². The van der Waals surface area contributed by atoms with Crippen LogP contribution in [0, 0.1) is 0 Å². The van der Waals surface area contributed by atoms with Crippen LogP contribution in [0.3, 0.4) is 0 Å². The zero-order valence-corrected chi connectivity index (χ0v) is 15.5. The fourth-order valence-corrected chi connectivity index (χ4v) is 3.40. The fourth-order valence-electron chi connectivity index (χ4n) is 3.40. The van der Waals surface area contributed by atoms with E-state index in [1.54, 1.807) is 6.20 Å². The molecular formula is C21H28N4O. The molecular weight excluding hydrogens is 324 g/mol. The van der Waals surface area contributed by atoms with Gasteiger partial charge in [0, 0.05) is 32.0 Å². The third-order valence-electron chi connectivity index (χ3n) is 5.10. The summed E-state index contributed by atoms with van der Waals surface area (Å²) in [5.74, 6) is -0.0529. The molecule has 1 aliphatic carbocycles. The van der Waals surface area contributed by atoms with E-state index in [9.17, 15) is 4.79 Å². The topological polar surface area (TPSA) is 58.1 Å². The van der Waals surface area contributed by atoms with Gasteiger partial charge in [-0.1, -0.05) is 25.7 Å². The molecule has 0 bridgehead atoms. The molecule has 2 aromatic heterocycles. The van der Waals surface area contributed by atoms with Gasteiger partial charge in [0.15, 0.2) is 0 Å². The molecule has 1 N–H and O–H groups in total. The minimum Gasteiger partial charge on any atom is -0.373 e. The van der Waals surface area contributed by atoms with Gasteiger partial charge in [0.05, 0.1) is 11.9 Å². The van der Waals surface area contributed by atoms with E-state index >= 15 is 0 Å². The van der Waals surface area contributed by atoms with E-state index in [-0.39, 0.29) is 5.91 Å². The number of amides is 1. The molecule has 0 aliphatic heterocycles. The summed E-state index contributed by atoms with van der Waals surface area (Å²) in [5, 5.41) is 3.15. The third-order valence-corrected chi connectivity index (χ3v) is 5.10. The molecule has 1 fully saturated rings. The number of aromatic nitrogens is 2. The van der Waals surface area contributed by atoms with Crippen molar-refractivity contribution in [1.29, 1.82) is 0 Å². The molecule has 0 unspecified atom stereocenters. The average molecular weight is 352 g/mol. The summed E-state index contributed by atoms with van der Waals surface area (Å²) in [7, 11) is 2.05. The largest absolute Gasteiger partial charge is 0.373 e. The van der Waals surface area contributed by atoms with Crippen molar-refractivity contribution >= 4 is 11.6 Å². The van der Waals surface area contributed by atoms with Crippen LogP contribution < -0.4 is 10.2 Å². The second-order valence-electron chi connectivity index (χ2n) is 7.09. The van der Waals surface area contributed by atoms with Crippen molar-refractivity contribution in [1.82, 2.24) is 15.3 Å². The summed E-state index contributed by atoms with van der Waals surface area (Å²) < 4.78 is 0. The minimum atomic E-state index is -0.0529. The summed E-state index contributed by atoms with van der Waals surface area (Å²) in [6.07, 6.45) is 13.5. The zero-order valence-electron chi connectivity index (χ0n) is 15.5. The molecule has 1 saturated carbocycles. The van der Waals surface area contributed by atoms with Crippen LogP contribution in [0.4, 0.5) is 5.69 Å². The average Bonchev–Trinajstić information content (AvgIpc) is 2.95. The first kappa shape index (κ1) is 18.4. The molecule has 0 aromatic carbocycles. The summed E-state index contributed by atoms with van der Waals surface area (Å²) in [6.45, 7) is 0.888. The van der Waals surface area contributed by atoms with Gasteiger partial charge in [0.2, 0.25) is 0 Å². The lowest BCUT2D eigenvalue weighted by Gasteiger charge is -2.19. The second-order valence-corrected chi connectivity index (χ2v) is 7.09. The highest BCUT2D eigenvalue weighted by molar-refractivity contribution is 5.92. The molecule has 0 radical (unpaired) electrons. The lowest BCUT2D eigenvalue weighted by molar-refractivity contribution is 0.0928. The van der Waals surface area contributed by atoms with Crippen molar-refractivity contribution in [3.63, 3.8) is 0 Å². The van der Waals surface area contributed by atoms with Crippen LogP contribution in [0.25, 0.3) is 0 Å². The summed E-state index contributed by atoms with van der Waals surface area (Å²) >= 11 is 0. The molecule has 1 aliphatic rings. The molecule has 26 heavy (non-hydrogen) atoms. The number of hydrogen-bond acceptors (Lipinski definition) is 4. The Hall–Kier alpha value is -2.43. The third kappa shape index (κ3) is 5.28. The predicted molar refractivity (Wildman–Crippen MR) is 104 cm³/mol. The lowest BCUT2D eigenvalue weighted by atomic mass is 10.1. The first-order chi connectivity index (χ1) is 12.7. The van der Waals surface area contributed by atoms with Crippen LogP contribution in [-0.2, 0) is 6.42 Å². The summed E-state index contributed by atoms with van der Waals surface area (Å²) in [6, 6.07) is 8.17. The molecule has 1 amide bonds. The number of carbonyl (C=O) groups is 1. The molecule has 0 atom stereocenters. The van der Waals surface area contributed by atoms with E-state index in [2.05, 4.69) is 20.2 Å². The van der Waals surface area contributed by atoms with E-state index in [1.165, 1.54) is 31.2 Å². The Morgan fingerprint density at radius 2 is 1.85 bits per heavy atom. The van der Waals surface area contributed by atoms with Crippen molar-refractivity contribution < 1.29 is 4.79 Å². The normalized spacial score (nSPS) is 15.3. The first-order valence-corrected chi connectivity index (χ1v) is 9.59. The van der Waals surface area contributed by atoms with Gasteiger partial charge in [-0.2, -0.15) is 0 Å². The SMILES string of the molecule is CN(CCc1ccncc1)c1ccc(C(=O)NC2CCCCCC2)nc1. The predicted octanol–water partition coefficient (Wildman–Crippen LogP) is 3.61. The van der Waals surface area contributed by atoms with E-state index in [0.29, 0.717) is 11.7 Å². The highest BCUT2D eigenvalue weighted by Crippen LogP contribution is 2.18. The number of carbonyl (C=O) groups excluding carboxylic acids is 1. The number of nitrogens with zero attached hydrogens (tertiary/aromatic N) is 3. The van der Waals surface area contributed by atoms with Gasteiger partial charge in [-0.3, -0.25) is 9.78 Å². The van der Waals surface area contributed by atoms with Gasteiger partial charge in [0.1, 0.15) is 5.69 Å². The molecule has 0 saturated heterocycles. The molecule has 0 spiro atoms. The summed E-state index contributed by atoms with van der Waals surface area (Å²) in [4.78, 5) is 23.0. The maximum Gasteiger partial charge on any atom is 0.270 e. The number of nitrogens with one attached hydrogen (secondary N) is 1. The van der Waals surface area contributed by atoms with Crippen molar-refractivity contribution in [2.45, 2.75) is 51.0 Å². The van der Waals surface area contributed by atoms with Gasteiger partial charge in [0.25, 0.3) is 5.91 Å². The molecule has 5 nitrogen and oxygen atoms in total. The van der Waals surface area contributed by atoms with E-state index < -0.39 is 0 Å². The molecule has 138 valence electrons. The van der Waals surface area contributed by atoms with Crippen molar-refractivity contribution in [3.8, 4) is 0 Å². The number of anilines is 1. The van der Waals surface area contributed by atoms with Gasteiger partial charge < -0.3 is 10.2 Å². The van der Waals surface area contributed by atoms with Crippen molar-refractivity contribution in [3.05, 3.63) is 54.1 Å². The van der Waals surface area contributed by atoms with E-state index in [0.717, 1.165) is 31.5 Å². The Labute approximate surface area is 155 Å². The smallest absolute Gasteiger partial charge is 0.270 e. The molecule has 3 rings (SSSR count). The monoisotopic (exact) mass is 352 g/mol. The molecule has 5 heteroatoms. The quantitative estimate of drug-likeness (QED) is 0.807. The van der Waals surface area contributed by atoms with Crippen LogP contribution in [0.5, 0.6) is 0 Å². The Kier molecular flexibility index (Phi) is 6.58. The number of pyridine rings is 2. The van der Waals surface area contributed by atoms with Crippen LogP contribution in [0.1, 0.15) is 54.6 Å². The number of likely N-dealkylation sites (N-methyl/N-ethyl adjacent to an activating group) is 1. The van der Waals surface area contributed by atoms with Gasteiger partial charge in [-0.25, -0.2) is 4.98 Å². The second kappa shape index (κ2) is 9.32. The Bertz CT molecular complexity index is 679. The summed E-state index contributed by atoms with van der Waals surface area (Å²) in [5.41, 5.74) is 2.78. The standard InChI is InChI=1S/C21H28N4O/c1-25(15-12-17-10-13-22-14-11-17)19-8-9-20(23-16-19)21(26)24-18-6-4-2-3-5-7-18/h8-11,13-14,16,18H,2-7,12,15H2,1H3,(H,24,26). The van der Waals surface area contributed by atoms with Crippen molar-refractivity contribution in [2.24, 2.45) is 0 Å². The highest BCUT2D eigenvalue weighted by atomic mass is 16.1. The number of rotatable bonds is 6. The lowest BCUT2D eigenvalue weighted by Crippen LogP contribution is -2.34. The Morgan fingerprint density at radius 3 is 2.50 bits per heavy atom. The highest BCUT2D eigenvalue weighted by Gasteiger charge is 2.16. The zero-order chi connectivity index (χ0) is 18.2. The number of hydrogen-bond donors (Lipinski definition) is 1. The van der Waals surface area contributed by atoms with Crippen LogP contribution in [0.15, 0.2) is 42.9 Å². The van der Waals surface area contributed by atoms with Crippen LogP contribution in [-0.4, -0.2) is 35.5 Å². The van der Waals surface area contributed by atoms with Crippen LogP contribution >= 0.6 is 0 Å². The van der Waals surface area contributed by atoms with Gasteiger partial charge >= 0.3 is 0 Å². The van der Waals surface area contributed by atoms with Crippen LogP contribution in [0.2, 0.25) is 0 Å². The van der Waals surface area contributed by atoms with Crippen molar-refractivity contribution in [2.75, 3.05) is 18.5 Å². The molecule has 2 heterocycles. The minimum absolute atomic E-state index is 0.0529. The fraction of sp³-hybridized carbons (Fsp3) is 0.476. The maximum atomic E-state index is 12.4. The Morgan fingerprint density at radius 1 is 1.12 bits per heavy atom. The molecule has 2 aromatic rings. The van der Waals surface area contributed by atoms with Gasteiger partial charge in [-0.15, -0.1) is 0 Å². The maximum absolute atomic E-state index is 12.4. The first-order valence-electron chi connectivity index (χ1n) is 9.59. The van der Waals surface area contributed by atoms with E-state index in [4.69, 9.17) is 0 Å². The Balaban J connectivity index is 1.52.